The molecule has 2 aliphatic heterocycles. The van der Waals surface area contributed by atoms with E-state index in [1.807, 2.05) is 4.90 Å². The van der Waals surface area contributed by atoms with Crippen molar-refractivity contribution in [2.24, 2.45) is 5.92 Å². The number of piperazine rings is 1. The zero-order chi connectivity index (χ0) is 21.7. The fraction of sp³-hybridized carbons (Fsp3) is 0.591. The van der Waals surface area contributed by atoms with Gasteiger partial charge in [-0.2, -0.15) is 0 Å². The second-order valence-corrected chi connectivity index (χ2v) is 8.85. The number of carbonyl (C=O) groups is 3. The summed E-state index contributed by atoms with van der Waals surface area (Å²) in [6.45, 7) is 3.61. The summed E-state index contributed by atoms with van der Waals surface area (Å²) >= 11 is 5.89. The van der Waals surface area contributed by atoms with Gasteiger partial charge in [0.05, 0.1) is 0 Å². The molecule has 2 heterocycles. The van der Waals surface area contributed by atoms with E-state index in [0.717, 1.165) is 39.0 Å². The van der Waals surface area contributed by atoms with Crippen LogP contribution in [0.2, 0.25) is 5.02 Å². The van der Waals surface area contributed by atoms with Crippen LogP contribution >= 0.6 is 11.6 Å². The molecule has 8 heteroatoms. The van der Waals surface area contributed by atoms with Crippen LogP contribution in [-0.4, -0.2) is 85.3 Å². The molecule has 0 aromatic heterocycles. The van der Waals surface area contributed by atoms with E-state index in [4.69, 9.17) is 11.6 Å². The normalized spacial score (nSPS) is 24.0. The number of nitrogens with one attached hydrogen (secondary N) is 1. The molecule has 0 radical (unpaired) electrons. The van der Waals surface area contributed by atoms with Crippen LogP contribution < -0.4 is 5.32 Å². The molecule has 2 atom stereocenters. The molecule has 1 aromatic carbocycles. The maximum absolute atomic E-state index is 13.0. The van der Waals surface area contributed by atoms with Gasteiger partial charge in [0, 0.05) is 68.7 Å². The summed E-state index contributed by atoms with van der Waals surface area (Å²) in [5, 5.41) is 3.62. The topological polar surface area (TPSA) is 73.0 Å². The van der Waals surface area contributed by atoms with Crippen LogP contribution in [0.15, 0.2) is 24.3 Å². The highest BCUT2D eigenvalue weighted by molar-refractivity contribution is 6.30. The molecule has 2 aliphatic rings. The summed E-state index contributed by atoms with van der Waals surface area (Å²) in [6.07, 6.45) is 2.41. The fourth-order valence-electron chi connectivity index (χ4n) is 4.09. The van der Waals surface area contributed by atoms with Crippen LogP contribution in [0.1, 0.15) is 36.0 Å². The summed E-state index contributed by atoms with van der Waals surface area (Å²) in [4.78, 5) is 44.1. The lowest BCUT2D eigenvalue weighted by atomic mass is 9.95. The summed E-state index contributed by atoms with van der Waals surface area (Å²) in [7, 11) is 3.80. The van der Waals surface area contributed by atoms with Crippen molar-refractivity contribution in [2.75, 3.05) is 46.8 Å². The highest BCUT2D eigenvalue weighted by Crippen LogP contribution is 2.22. The van der Waals surface area contributed by atoms with Crippen molar-refractivity contribution in [3.8, 4) is 0 Å². The summed E-state index contributed by atoms with van der Waals surface area (Å²) < 4.78 is 0. The fourth-order valence-corrected chi connectivity index (χ4v) is 4.21. The molecule has 1 N–H and O–H groups in total. The minimum Gasteiger partial charge on any atom is -0.348 e. The first-order valence-corrected chi connectivity index (χ1v) is 11.0. The second kappa shape index (κ2) is 10.3. The second-order valence-electron chi connectivity index (χ2n) is 8.41. The summed E-state index contributed by atoms with van der Waals surface area (Å²) in [6, 6.07) is 6.59. The van der Waals surface area contributed by atoms with Crippen LogP contribution in [-0.2, 0) is 9.59 Å². The lowest BCUT2D eigenvalue weighted by Crippen LogP contribution is -2.49. The number of carbonyl (C=O) groups excluding carboxylic acids is 3. The Kier molecular flexibility index (Phi) is 7.72. The molecular formula is C22H31ClN4O3. The van der Waals surface area contributed by atoms with Crippen LogP contribution in [0.25, 0.3) is 0 Å². The highest BCUT2D eigenvalue weighted by Gasteiger charge is 2.31. The Bertz CT molecular complexity index is 762. The van der Waals surface area contributed by atoms with Crippen LogP contribution in [0, 0.1) is 5.92 Å². The van der Waals surface area contributed by atoms with Crippen molar-refractivity contribution in [1.82, 2.24) is 20.0 Å². The number of nitrogens with zero attached hydrogens (tertiary/aromatic N) is 3. The zero-order valence-electron chi connectivity index (χ0n) is 17.8. The molecule has 2 fully saturated rings. The Labute approximate surface area is 183 Å². The van der Waals surface area contributed by atoms with Gasteiger partial charge in [-0.1, -0.05) is 18.0 Å². The van der Waals surface area contributed by atoms with E-state index in [1.165, 1.54) is 0 Å². The number of hydrogen-bond donors (Lipinski definition) is 1. The molecule has 0 aliphatic carbocycles. The van der Waals surface area contributed by atoms with Crippen LogP contribution in [0.4, 0.5) is 0 Å². The van der Waals surface area contributed by atoms with Crippen molar-refractivity contribution in [2.45, 2.75) is 31.7 Å². The third-order valence-corrected chi connectivity index (χ3v) is 6.30. The highest BCUT2D eigenvalue weighted by atomic mass is 35.5. The van der Waals surface area contributed by atoms with Gasteiger partial charge in [0.15, 0.2) is 0 Å². The van der Waals surface area contributed by atoms with Gasteiger partial charge < -0.3 is 20.0 Å². The van der Waals surface area contributed by atoms with Crippen molar-refractivity contribution < 1.29 is 14.4 Å². The molecule has 0 saturated carbocycles. The molecule has 164 valence electrons. The first kappa shape index (κ1) is 22.6. The Balaban J connectivity index is 1.61. The Morgan fingerprint density at radius 3 is 2.37 bits per heavy atom. The molecule has 3 rings (SSSR count). The first-order valence-electron chi connectivity index (χ1n) is 10.6. The van der Waals surface area contributed by atoms with E-state index in [0.29, 0.717) is 23.6 Å². The number of benzene rings is 1. The van der Waals surface area contributed by atoms with Gasteiger partial charge in [0.2, 0.25) is 11.8 Å². The lowest BCUT2D eigenvalue weighted by Gasteiger charge is -2.34. The number of rotatable bonds is 3. The number of halogens is 1. The standard InChI is InChI=1S/C22H31ClN4O3/c1-25-10-12-27(13-11-25)22(30)17-4-3-5-19(15-26(2)20(28)14-17)24-21(29)16-6-8-18(23)9-7-16/h6-9,17,19H,3-5,10-15H2,1-2H3,(H,24,29)/t17-,19-/m1/s1. The molecular weight excluding hydrogens is 404 g/mol. The lowest BCUT2D eigenvalue weighted by molar-refractivity contribution is -0.142. The van der Waals surface area contributed by atoms with Gasteiger partial charge in [-0.05, 0) is 44.2 Å². The average molecular weight is 435 g/mol. The van der Waals surface area contributed by atoms with Gasteiger partial charge in [0.25, 0.3) is 5.91 Å². The average Bonchev–Trinajstić information content (AvgIpc) is 2.79. The molecule has 2 saturated heterocycles. The van der Waals surface area contributed by atoms with Gasteiger partial charge in [-0.15, -0.1) is 0 Å². The third-order valence-electron chi connectivity index (χ3n) is 6.05. The quantitative estimate of drug-likeness (QED) is 0.788. The monoisotopic (exact) mass is 434 g/mol. The smallest absolute Gasteiger partial charge is 0.251 e. The summed E-state index contributed by atoms with van der Waals surface area (Å²) in [5.41, 5.74) is 0.538. The van der Waals surface area contributed by atoms with E-state index < -0.39 is 0 Å². The van der Waals surface area contributed by atoms with Crippen molar-refractivity contribution in [3.05, 3.63) is 34.9 Å². The largest absolute Gasteiger partial charge is 0.348 e. The molecule has 0 unspecified atom stereocenters. The molecule has 3 amide bonds. The van der Waals surface area contributed by atoms with Crippen molar-refractivity contribution in [3.63, 3.8) is 0 Å². The van der Waals surface area contributed by atoms with Crippen LogP contribution in [0.3, 0.4) is 0 Å². The Morgan fingerprint density at radius 1 is 1.03 bits per heavy atom. The molecule has 30 heavy (non-hydrogen) atoms. The van der Waals surface area contributed by atoms with Gasteiger partial charge in [-0.25, -0.2) is 0 Å². The predicted molar refractivity (Wildman–Crippen MR) is 116 cm³/mol. The minimum atomic E-state index is -0.283. The predicted octanol–water partition coefficient (Wildman–Crippen LogP) is 1.86. The van der Waals surface area contributed by atoms with Gasteiger partial charge >= 0.3 is 0 Å². The van der Waals surface area contributed by atoms with Gasteiger partial charge in [-0.3, -0.25) is 14.4 Å². The maximum atomic E-state index is 13.0. The third kappa shape index (κ3) is 5.95. The van der Waals surface area contributed by atoms with Crippen molar-refractivity contribution >= 4 is 29.3 Å². The zero-order valence-corrected chi connectivity index (χ0v) is 18.5. The van der Waals surface area contributed by atoms with E-state index >= 15 is 0 Å². The van der Waals surface area contributed by atoms with Crippen molar-refractivity contribution in [1.29, 1.82) is 0 Å². The molecule has 0 bridgehead atoms. The molecule has 1 aromatic rings. The molecule has 7 nitrogen and oxygen atoms in total. The van der Waals surface area contributed by atoms with E-state index in [1.54, 1.807) is 36.2 Å². The van der Waals surface area contributed by atoms with E-state index in [-0.39, 0.29) is 36.1 Å². The number of likely N-dealkylation sites (N-methyl/N-ethyl adjacent to an activating group) is 2. The summed E-state index contributed by atoms with van der Waals surface area (Å²) in [5.74, 6) is -0.417. The first-order chi connectivity index (χ1) is 14.3. The van der Waals surface area contributed by atoms with Crippen LogP contribution in [0.5, 0.6) is 0 Å². The number of amides is 3. The van der Waals surface area contributed by atoms with E-state index in [2.05, 4.69) is 17.3 Å². The Hall–Kier alpha value is -2.12. The number of hydrogen-bond acceptors (Lipinski definition) is 4. The maximum Gasteiger partial charge on any atom is 0.251 e. The SMILES string of the molecule is CN1CCN(C(=O)[C@@H]2CCC[C@@H](NC(=O)c3ccc(Cl)cc3)CN(C)C(=O)C2)CC1. The molecule has 0 spiro atoms. The minimum absolute atomic E-state index is 0.0462. The Morgan fingerprint density at radius 2 is 1.70 bits per heavy atom. The van der Waals surface area contributed by atoms with E-state index in [9.17, 15) is 14.4 Å². The van der Waals surface area contributed by atoms with Gasteiger partial charge in [0.1, 0.15) is 0 Å².